The number of rotatable bonds is 5. The Morgan fingerprint density at radius 2 is 1.75 bits per heavy atom. The van der Waals surface area contributed by atoms with Gasteiger partial charge in [-0.05, 0) is 61.7 Å². The van der Waals surface area contributed by atoms with Gasteiger partial charge in [-0.1, -0.05) is 0 Å². The largest absolute Gasteiger partial charge is 0.480 e. The molecular formula is C15H22N2O3. The third-order valence-electron chi connectivity index (χ3n) is 5.81. The molecule has 4 unspecified atom stereocenters. The number of carbonyl (C=O) groups excluding carboxylic acids is 1. The Morgan fingerprint density at radius 3 is 2.30 bits per heavy atom. The molecule has 0 aromatic carbocycles. The molecule has 4 aliphatic carbocycles. The summed E-state index contributed by atoms with van der Waals surface area (Å²) in [6, 6.07) is 0.183. The number of amides is 2. The first-order valence-electron chi connectivity index (χ1n) is 7.90. The van der Waals surface area contributed by atoms with E-state index in [-0.39, 0.29) is 12.6 Å². The Kier molecular flexibility index (Phi) is 2.72. The molecule has 5 heteroatoms. The molecule has 0 aromatic heterocycles. The average molecular weight is 278 g/mol. The maximum Gasteiger partial charge on any atom is 0.323 e. The van der Waals surface area contributed by atoms with Gasteiger partial charge in [-0.25, -0.2) is 4.79 Å². The monoisotopic (exact) mass is 278 g/mol. The summed E-state index contributed by atoms with van der Waals surface area (Å²) in [6.07, 6.45) is 6.28. The first-order valence-corrected chi connectivity index (χ1v) is 7.90. The van der Waals surface area contributed by atoms with E-state index in [0.29, 0.717) is 30.3 Å². The van der Waals surface area contributed by atoms with E-state index in [4.69, 9.17) is 5.11 Å². The summed E-state index contributed by atoms with van der Waals surface area (Å²) >= 11 is 0. The number of nitrogens with zero attached hydrogens (tertiary/aromatic N) is 1. The van der Waals surface area contributed by atoms with Gasteiger partial charge in [0.05, 0.1) is 0 Å². The van der Waals surface area contributed by atoms with Crippen LogP contribution in [0.1, 0.15) is 32.1 Å². The fraction of sp³-hybridized carbons (Fsp3) is 0.867. The van der Waals surface area contributed by atoms with Crippen molar-refractivity contribution in [2.45, 2.75) is 38.1 Å². The summed E-state index contributed by atoms with van der Waals surface area (Å²) in [6.45, 7) is 0.435. The first-order chi connectivity index (χ1) is 9.63. The number of nitrogens with one attached hydrogen (secondary N) is 1. The number of carbonyl (C=O) groups is 2. The Bertz CT molecular complexity index is 432. The highest BCUT2D eigenvalue weighted by Crippen LogP contribution is 2.65. The number of carboxylic acid groups (broad SMARTS) is 1. The quantitative estimate of drug-likeness (QED) is 0.801. The normalized spacial score (nSPS) is 40.3. The highest BCUT2D eigenvalue weighted by molar-refractivity contribution is 5.80. The van der Waals surface area contributed by atoms with Crippen LogP contribution < -0.4 is 5.32 Å². The van der Waals surface area contributed by atoms with Crippen molar-refractivity contribution in [1.29, 1.82) is 0 Å². The van der Waals surface area contributed by atoms with Gasteiger partial charge in [0, 0.05) is 12.6 Å². The van der Waals surface area contributed by atoms with Crippen LogP contribution >= 0.6 is 0 Å². The molecule has 2 bridgehead atoms. The first kappa shape index (κ1) is 12.5. The molecule has 0 heterocycles. The fourth-order valence-electron chi connectivity index (χ4n) is 4.75. The van der Waals surface area contributed by atoms with Crippen LogP contribution in [0.4, 0.5) is 4.79 Å². The van der Waals surface area contributed by atoms with E-state index < -0.39 is 5.97 Å². The summed E-state index contributed by atoms with van der Waals surface area (Å²) < 4.78 is 0. The zero-order valence-electron chi connectivity index (χ0n) is 11.6. The van der Waals surface area contributed by atoms with Crippen molar-refractivity contribution in [2.24, 2.45) is 29.6 Å². The molecule has 4 saturated carbocycles. The number of aliphatic carboxylic acids is 1. The lowest BCUT2D eigenvalue weighted by atomic mass is 10.0. The molecule has 4 aliphatic rings. The van der Waals surface area contributed by atoms with Gasteiger partial charge < -0.3 is 15.3 Å². The number of hydrogen-bond acceptors (Lipinski definition) is 2. The SMILES string of the molecule is O=C(O)CN(CC1CC1)C(=O)NC1C2C3CCC(C3)C12. The van der Waals surface area contributed by atoms with Gasteiger partial charge in [0.2, 0.25) is 0 Å². The van der Waals surface area contributed by atoms with Crippen LogP contribution in [0.5, 0.6) is 0 Å². The number of hydrogen-bond donors (Lipinski definition) is 2. The molecule has 5 nitrogen and oxygen atoms in total. The molecule has 0 saturated heterocycles. The van der Waals surface area contributed by atoms with E-state index in [1.165, 1.54) is 24.2 Å². The van der Waals surface area contributed by atoms with Gasteiger partial charge in [-0.2, -0.15) is 0 Å². The molecule has 110 valence electrons. The van der Waals surface area contributed by atoms with Crippen LogP contribution in [0.15, 0.2) is 0 Å². The lowest BCUT2D eigenvalue weighted by molar-refractivity contribution is -0.137. The second-order valence-electron chi connectivity index (χ2n) is 7.18. The van der Waals surface area contributed by atoms with Crippen LogP contribution in [-0.4, -0.2) is 41.1 Å². The topological polar surface area (TPSA) is 69.6 Å². The molecule has 20 heavy (non-hydrogen) atoms. The third-order valence-corrected chi connectivity index (χ3v) is 5.81. The maximum absolute atomic E-state index is 12.3. The highest BCUT2D eigenvalue weighted by Gasteiger charge is 2.65. The Hall–Kier alpha value is -1.26. The lowest BCUT2D eigenvalue weighted by Gasteiger charge is -2.22. The van der Waals surface area contributed by atoms with Gasteiger partial charge >= 0.3 is 12.0 Å². The van der Waals surface area contributed by atoms with Gasteiger partial charge in [-0.3, -0.25) is 4.79 Å². The predicted octanol–water partition coefficient (Wildman–Crippen LogP) is 1.54. The molecule has 4 rings (SSSR count). The van der Waals surface area contributed by atoms with Gasteiger partial charge in [0.25, 0.3) is 0 Å². The zero-order chi connectivity index (χ0) is 13.9. The third kappa shape index (κ3) is 2.07. The smallest absolute Gasteiger partial charge is 0.323 e. The second kappa shape index (κ2) is 4.37. The molecule has 2 amide bonds. The Morgan fingerprint density at radius 1 is 1.10 bits per heavy atom. The van der Waals surface area contributed by atoms with Crippen LogP contribution in [0.25, 0.3) is 0 Å². The molecule has 4 atom stereocenters. The molecule has 2 N–H and O–H groups in total. The van der Waals surface area contributed by atoms with E-state index in [0.717, 1.165) is 24.7 Å². The van der Waals surface area contributed by atoms with Crippen molar-refractivity contribution in [2.75, 3.05) is 13.1 Å². The second-order valence-corrected chi connectivity index (χ2v) is 7.18. The minimum Gasteiger partial charge on any atom is -0.480 e. The van der Waals surface area contributed by atoms with Crippen LogP contribution in [-0.2, 0) is 4.79 Å². The molecule has 0 aromatic rings. The summed E-state index contributed by atoms with van der Waals surface area (Å²) in [4.78, 5) is 24.7. The Balaban J connectivity index is 1.35. The van der Waals surface area contributed by atoms with Gasteiger partial charge in [-0.15, -0.1) is 0 Å². The van der Waals surface area contributed by atoms with E-state index >= 15 is 0 Å². The zero-order valence-corrected chi connectivity index (χ0v) is 11.6. The van der Waals surface area contributed by atoms with E-state index in [9.17, 15) is 9.59 Å². The van der Waals surface area contributed by atoms with Crippen molar-refractivity contribution in [3.63, 3.8) is 0 Å². The van der Waals surface area contributed by atoms with Crippen LogP contribution in [0.3, 0.4) is 0 Å². The van der Waals surface area contributed by atoms with E-state index in [1.807, 2.05) is 0 Å². The highest BCUT2D eigenvalue weighted by atomic mass is 16.4. The number of fused-ring (bicyclic) bond motifs is 5. The minimum absolute atomic E-state index is 0.155. The summed E-state index contributed by atoms with van der Waals surface area (Å²) in [5, 5.41) is 12.1. The van der Waals surface area contributed by atoms with E-state index in [1.54, 1.807) is 0 Å². The standard InChI is InChI=1S/C15H22N2O3/c18-11(19)7-17(6-8-1-2-8)15(20)16-14-12-9-3-4-10(5-9)13(12)14/h8-10,12-14H,1-7H2,(H,16,20)(H,18,19). The van der Waals surface area contributed by atoms with Crippen molar-refractivity contribution >= 4 is 12.0 Å². The van der Waals surface area contributed by atoms with Gasteiger partial charge in [0.1, 0.15) is 6.54 Å². The van der Waals surface area contributed by atoms with Crippen molar-refractivity contribution in [1.82, 2.24) is 10.2 Å². The summed E-state index contributed by atoms with van der Waals surface area (Å²) in [7, 11) is 0. The maximum atomic E-state index is 12.3. The fourth-order valence-corrected chi connectivity index (χ4v) is 4.75. The molecule has 0 aliphatic heterocycles. The minimum atomic E-state index is -0.920. The van der Waals surface area contributed by atoms with Crippen molar-refractivity contribution < 1.29 is 14.7 Å². The van der Waals surface area contributed by atoms with E-state index in [2.05, 4.69) is 5.32 Å². The molecule has 0 radical (unpaired) electrons. The summed E-state index contributed by atoms with van der Waals surface area (Å²) in [5.74, 6) is 2.65. The number of urea groups is 1. The average Bonchev–Trinajstić information content (AvgIpc) is 3.27. The van der Waals surface area contributed by atoms with Crippen LogP contribution in [0, 0.1) is 29.6 Å². The molecule has 4 fully saturated rings. The number of carboxylic acids is 1. The predicted molar refractivity (Wildman–Crippen MR) is 72.1 cm³/mol. The summed E-state index contributed by atoms with van der Waals surface area (Å²) in [5.41, 5.74) is 0. The van der Waals surface area contributed by atoms with Crippen molar-refractivity contribution in [3.8, 4) is 0 Å². The lowest BCUT2D eigenvalue weighted by Crippen LogP contribution is -2.45. The van der Waals surface area contributed by atoms with Crippen LogP contribution in [0.2, 0.25) is 0 Å². The Labute approximate surface area is 118 Å². The molecule has 0 spiro atoms. The van der Waals surface area contributed by atoms with Crippen molar-refractivity contribution in [3.05, 3.63) is 0 Å². The van der Waals surface area contributed by atoms with Gasteiger partial charge in [0.15, 0.2) is 0 Å². The molecular weight excluding hydrogens is 256 g/mol.